The number of amides is 1. The molecule has 3 rings (SSSR count). The molecule has 0 saturated heterocycles. The van der Waals surface area contributed by atoms with Crippen LogP contribution in [0.3, 0.4) is 0 Å². The minimum Gasteiger partial charge on any atom is -0.493 e. The number of ether oxygens (including phenoxy) is 2. The lowest BCUT2D eigenvalue weighted by Gasteiger charge is -2.19. The Morgan fingerprint density at radius 1 is 1.06 bits per heavy atom. The van der Waals surface area contributed by atoms with E-state index in [9.17, 15) is 4.79 Å². The van der Waals surface area contributed by atoms with E-state index in [0.29, 0.717) is 28.4 Å². The van der Waals surface area contributed by atoms with Crippen LogP contribution >= 0.6 is 11.8 Å². The number of carbonyl (C=O) groups excluding carboxylic acids is 1. The van der Waals surface area contributed by atoms with Crippen LogP contribution in [0, 0.1) is 12.8 Å². The Labute approximate surface area is 199 Å². The quantitative estimate of drug-likeness (QED) is 0.395. The molecule has 0 spiro atoms. The minimum absolute atomic E-state index is 0.0791. The van der Waals surface area contributed by atoms with Gasteiger partial charge in [0.1, 0.15) is 0 Å². The van der Waals surface area contributed by atoms with Gasteiger partial charge in [-0.2, -0.15) is 0 Å². The molecule has 0 radical (unpaired) electrons. The van der Waals surface area contributed by atoms with E-state index in [1.54, 1.807) is 7.11 Å². The van der Waals surface area contributed by atoms with E-state index in [1.165, 1.54) is 11.8 Å². The maximum absolute atomic E-state index is 12.8. The van der Waals surface area contributed by atoms with Crippen molar-refractivity contribution in [2.45, 2.75) is 57.7 Å². The van der Waals surface area contributed by atoms with Crippen molar-refractivity contribution in [3.05, 3.63) is 59.9 Å². The molecule has 0 aliphatic carbocycles. The average molecular weight is 469 g/mol. The molecule has 33 heavy (non-hydrogen) atoms. The van der Waals surface area contributed by atoms with Crippen molar-refractivity contribution in [1.29, 1.82) is 0 Å². The SMILES string of the molecule is COc1ccccc1OC(C)c1nnc(SC(C)C(=O)Nc2cccc(C)c2)n1CC(C)C. The monoisotopic (exact) mass is 468 g/mol. The first-order valence-corrected chi connectivity index (χ1v) is 11.9. The van der Waals surface area contributed by atoms with Crippen molar-refractivity contribution in [1.82, 2.24) is 14.8 Å². The van der Waals surface area contributed by atoms with Gasteiger partial charge in [-0.15, -0.1) is 10.2 Å². The molecular formula is C25H32N4O3S. The van der Waals surface area contributed by atoms with Crippen LogP contribution in [0.2, 0.25) is 0 Å². The lowest BCUT2D eigenvalue weighted by Crippen LogP contribution is -2.23. The minimum atomic E-state index is -0.349. The van der Waals surface area contributed by atoms with Gasteiger partial charge in [-0.25, -0.2) is 0 Å². The van der Waals surface area contributed by atoms with Crippen molar-refractivity contribution < 1.29 is 14.3 Å². The molecule has 8 heteroatoms. The summed E-state index contributed by atoms with van der Waals surface area (Å²) >= 11 is 1.39. The largest absolute Gasteiger partial charge is 0.493 e. The summed E-state index contributed by atoms with van der Waals surface area (Å²) < 4.78 is 13.6. The summed E-state index contributed by atoms with van der Waals surface area (Å²) in [7, 11) is 1.62. The predicted octanol–water partition coefficient (Wildman–Crippen LogP) is 5.51. The van der Waals surface area contributed by atoms with Crippen LogP contribution in [0.15, 0.2) is 53.7 Å². The van der Waals surface area contributed by atoms with Gasteiger partial charge < -0.3 is 19.4 Å². The van der Waals surface area contributed by atoms with Crippen LogP contribution in [0.25, 0.3) is 0 Å². The summed E-state index contributed by atoms with van der Waals surface area (Å²) in [6, 6.07) is 15.3. The lowest BCUT2D eigenvalue weighted by atomic mass is 10.2. The molecule has 1 aromatic heterocycles. The Hall–Kier alpha value is -3.00. The number of rotatable bonds is 10. The van der Waals surface area contributed by atoms with Crippen molar-refractivity contribution >= 4 is 23.4 Å². The summed E-state index contributed by atoms with van der Waals surface area (Å²) in [6.45, 7) is 10.8. The first-order valence-electron chi connectivity index (χ1n) is 11.1. The number of hydrogen-bond acceptors (Lipinski definition) is 6. The summed E-state index contributed by atoms with van der Waals surface area (Å²) in [6.07, 6.45) is -0.349. The standard InChI is InChI=1S/C25H32N4O3S/c1-16(2)15-29-23(18(4)32-22-13-8-7-12-21(22)31-6)27-28-25(29)33-19(5)24(30)26-20-11-9-10-17(3)14-20/h7-14,16,18-19H,15H2,1-6H3,(H,26,30). The molecule has 1 N–H and O–H groups in total. The summed E-state index contributed by atoms with van der Waals surface area (Å²) in [5.41, 5.74) is 1.88. The number of anilines is 1. The van der Waals surface area contributed by atoms with Crippen LogP contribution in [-0.2, 0) is 11.3 Å². The van der Waals surface area contributed by atoms with Crippen LogP contribution < -0.4 is 14.8 Å². The average Bonchev–Trinajstić information content (AvgIpc) is 3.15. The molecular weight excluding hydrogens is 436 g/mol. The molecule has 0 aliphatic rings. The number of carbonyl (C=O) groups is 1. The Kier molecular flexibility index (Phi) is 8.38. The highest BCUT2D eigenvalue weighted by Gasteiger charge is 2.24. The third kappa shape index (κ3) is 6.51. The molecule has 0 fully saturated rings. The Bertz CT molecular complexity index is 1080. The van der Waals surface area contributed by atoms with E-state index in [-0.39, 0.29) is 17.3 Å². The van der Waals surface area contributed by atoms with Gasteiger partial charge in [0.25, 0.3) is 0 Å². The number of aromatic nitrogens is 3. The zero-order chi connectivity index (χ0) is 24.0. The third-order valence-electron chi connectivity index (χ3n) is 4.97. The van der Waals surface area contributed by atoms with Gasteiger partial charge in [-0.3, -0.25) is 4.79 Å². The lowest BCUT2D eigenvalue weighted by molar-refractivity contribution is -0.115. The molecule has 2 atom stereocenters. The van der Waals surface area contributed by atoms with E-state index in [1.807, 2.05) is 73.9 Å². The zero-order valence-corrected chi connectivity index (χ0v) is 20.8. The smallest absolute Gasteiger partial charge is 0.237 e. The fourth-order valence-electron chi connectivity index (χ4n) is 3.36. The number of nitrogens with zero attached hydrogens (tertiary/aromatic N) is 3. The van der Waals surface area contributed by atoms with Gasteiger partial charge >= 0.3 is 0 Å². The highest BCUT2D eigenvalue weighted by molar-refractivity contribution is 8.00. The summed E-state index contributed by atoms with van der Waals surface area (Å²) in [4.78, 5) is 12.8. The number of benzene rings is 2. The van der Waals surface area contributed by atoms with E-state index in [4.69, 9.17) is 9.47 Å². The first kappa shape index (κ1) is 24.6. The second-order valence-corrected chi connectivity index (χ2v) is 9.68. The molecule has 0 aliphatic heterocycles. The molecule has 2 aromatic carbocycles. The number of aryl methyl sites for hydroxylation is 1. The predicted molar refractivity (Wildman–Crippen MR) is 132 cm³/mol. The van der Waals surface area contributed by atoms with Gasteiger partial charge in [-0.05, 0) is 56.5 Å². The van der Waals surface area contributed by atoms with Gasteiger partial charge in [-0.1, -0.05) is 49.9 Å². The van der Waals surface area contributed by atoms with E-state index >= 15 is 0 Å². The third-order valence-corrected chi connectivity index (χ3v) is 6.05. The van der Waals surface area contributed by atoms with Gasteiger partial charge in [0.05, 0.1) is 12.4 Å². The summed E-state index contributed by atoms with van der Waals surface area (Å²) in [5, 5.41) is 12.2. The van der Waals surface area contributed by atoms with E-state index in [2.05, 4.69) is 29.4 Å². The Morgan fingerprint density at radius 2 is 1.79 bits per heavy atom. The zero-order valence-electron chi connectivity index (χ0n) is 20.0. The normalized spacial score (nSPS) is 12.9. The van der Waals surface area contributed by atoms with Gasteiger partial charge in [0.2, 0.25) is 5.91 Å². The molecule has 7 nitrogen and oxygen atoms in total. The summed E-state index contributed by atoms with van der Waals surface area (Å²) in [5.74, 6) is 2.31. The molecule has 1 amide bonds. The highest BCUT2D eigenvalue weighted by Crippen LogP contribution is 2.32. The molecule has 3 aromatic rings. The Balaban J connectivity index is 1.77. The van der Waals surface area contributed by atoms with E-state index < -0.39 is 0 Å². The molecule has 1 heterocycles. The van der Waals surface area contributed by atoms with Crippen molar-refractivity contribution in [3.8, 4) is 11.5 Å². The van der Waals surface area contributed by atoms with Crippen LogP contribution in [-0.4, -0.2) is 33.0 Å². The van der Waals surface area contributed by atoms with Gasteiger partial charge in [0, 0.05) is 12.2 Å². The molecule has 176 valence electrons. The second-order valence-electron chi connectivity index (χ2n) is 8.37. The van der Waals surface area contributed by atoms with Gasteiger partial charge in [0.15, 0.2) is 28.6 Å². The topological polar surface area (TPSA) is 78.3 Å². The molecule has 2 unspecified atom stereocenters. The maximum atomic E-state index is 12.8. The highest BCUT2D eigenvalue weighted by atomic mass is 32.2. The number of para-hydroxylation sites is 2. The molecule has 0 saturated carbocycles. The second kappa shape index (κ2) is 11.2. The number of methoxy groups -OCH3 is 1. The van der Waals surface area contributed by atoms with Crippen molar-refractivity contribution in [2.24, 2.45) is 5.92 Å². The van der Waals surface area contributed by atoms with Crippen LogP contribution in [0.1, 0.15) is 45.2 Å². The number of nitrogens with one attached hydrogen (secondary N) is 1. The fraction of sp³-hybridized carbons (Fsp3) is 0.400. The van der Waals surface area contributed by atoms with Crippen molar-refractivity contribution in [2.75, 3.05) is 12.4 Å². The first-order chi connectivity index (χ1) is 15.8. The number of thioether (sulfide) groups is 1. The number of hydrogen-bond donors (Lipinski definition) is 1. The van der Waals surface area contributed by atoms with Crippen LogP contribution in [0.4, 0.5) is 5.69 Å². The molecule has 0 bridgehead atoms. The fourth-order valence-corrected chi connectivity index (χ4v) is 4.23. The van der Waals surface area contributed by atoms with E-state index in [0.717, 1.165) is 17.8 Å². The Morgan fingerprint density at radius 3 is 2.45 bits per heavy atom. The van der Waals surface area contributed by atoms with Crippen LogP contribution in [0.5, 0.6) is 11.5 Å². The van der Waals surface area contributed by atoms with Crippen molar-refractivity contribution in [3.63, 3.8) is 0 Å². The maximum Gasteiger partial charge on any atom is 0.237 e.